The zero-order chi connectivity index (χ0) is 26.9. The second-order valence-corrected chi connectivity index (χ2v) is 11.2. The number of morpholine rings is 1. The molecule has 4 aromatic rings. The zero-order valence-corrected chi connectivity index (χ0v) is 23.7. The fourth-order valence-electron chi connectivity index (χ4n) is 6.13. The molecule has 3 aromatic heterocycles. The van der Waals surface area contributed by atoms with Gasteiger partial charge in [-0.05, 0) is 63.7 Å². The van der Waals surface area contributed by atoms with Crippen molar-refractivity contribution in [2.45, 2.75) is 39.3 Å². The molecule has 2 saturated heterocycles. The highest BCUT2D eigenvalue weighted by Crippen LogP contribution is 2.34. The Kier molecular flexibility index (Phi) is 7.38. The molecule has 1 aromatic carbocycles. The second kappa shape index (κ2) is 11.1. The van der Waals surface area contributed by atoms with Crippen molar-refractivity contribution in [3.8, 4) is 22.4 Å². The summed E-state index contributed by atoms with van der Waals surface area (Å²) in [6.07, 6.45) is 10.3. The average Bonchev–Trinajstić information content (AvgIpc) is 3.60. The van der Waals surface area contributed by atoms with Crippen LogP contribution in [0.5, 0.6) is 0 Å². The highest BCUT2D eigenvalue weighted by Gasteiger charge is 2.22. The van der Waals surface area contributed by atoms with Crippen LogP contribution in [0.2, 0.25) is 0 Å². The number of benzene rings is 1. The molecule has 0 bridgehead atoms. The number of nitrogens with zero attached hydrogens (tertiary/aromatic N) is 7. The van der Waals surface area contributed by atoms with E-state index < -0.39 is 0 Å². The van der Waals surface area contributed by atoms with Crippen molar-refractivity contribution in [1.82, 2.24) is 34.5 Å². The van der Waals surface area contributed by atoms with Gasteiger partial charge in [-0.2, -0.15) is 5.10 Å². The number of ether oxygens (including phenoxy) is 1. The van der Waals surface area contributed by atoms with Crippen molar-refractivity contribution in [2.24, 2.45) is 0 Å². The predicted molar refractivity (Wildman–Crippen MR) is 156 cm³/mol. The molecule has 0 radical (unpaired) electrons. The number of nitrogens with one attached hydrogen (secondary N) is 1. The van der Waals surface area contributed by atoms with Crippen molar-refractivity contribution in [2.75, 3.05) is 64.9 Å². The minimum absolute atomic E-state index is 0.455. The van der Waals surface area contributed by atoms with Crippen LogP contribution in [0, 0.1) is 6.92 Å². The largest absolute Gasteiger partial charge is 0.378 e. The summed E-state index contributed by atoms with van der Waals surface area (Å²) in [5.41, 5.74) is 9.70. The second-order valence-electron chi connectivity index (χ2n) is 11.2. The first-order chi connectivity index (χ1) is 19.0. The number of H-pyrrole nitrogens is 1. The van der Waals surface area contributed by atoms with Crippen LogP contribution in [0.25, 0.3) is 33.5 Å². The summed E-state index contributed by atoms with van der Waals surface area (Å²) >= 11 is 0. The molecule has 2 aliphatic heterocycles. The highest BCUT2D eigenvalue weighted by atomic mass is 16.5. The first-order valence-electron chi connectivity index (χ1n) is 14.2. The maximum Gasteiger partial charge on any atom is 0.156 e. The van der Waals surface area contributed by atoms with E-state index in [1.165, 1.54) is 16.8 Å². The molecule has 0 atom stereocenters. The van der Waals surface area contributed by atoms with E-state index >= 15 is 0 Å². The van der Waals surface area contributed by atoms with E-state index in [-0.39, 0.29) is 0 Å². The van der Waals surface area contributed by atoms with Gasteiger partial charge in [0.25, 0.3) is 0 Å². The summed E-state index contributed by atoms with van der Waals surface area (Å²) in [7, 11) is 4.24. The molecule has 9 nitrogen and oxygen atoms in total. The van der Waals surface area contributed by atoms with Gasteiger partial charge in [0, 0.05) is 67.5 Å². The van der Waals surface area contributed by atoms with Gasteiger partial charge in [0.05, 0.1) is 37.3 Å². The van der Waals surface area contributed by atoms with Gasteiger partial charge in [-0.15, -0.1) is 0 Å². The van der Waals surface area contributed by atoms with Crippen molar-refractivity contribution in [3.05, 3.63) is 48.0 Å². The molecule has 0 saturated carbocycles. The molecule has 9 heteroatoms. The molecule has 0 amide bonds. The molecule has 2 fully saturated rings. The number of aromatic amines is 1. The van der Waals surface area contributed by atoms with E-state index in [9.17, 15) is 0 Å². The Bertz CT molecular complexity index is 1430. The number of anilines is 1. The standard InChI is InChI=1S/C30H40N8O/c1-5-36-8-6-25(7-9-36)38-20-24(16-33-38)26-17-31-30-28(26)34-27(18-32-30)22-14-21(2)29(23(15-22)19-35(3)4)37-10-12-39-13-11-37/h14-18,20,25H,5-13,19H2,1-4H3,(H,31,32). The molecular weight excluding hydrogens is 488 g/mol. The smallest absolute Gasteiger partial charge is 0.156 e. The number of hydrogen-bond donors (Lipinski definition) is 1. The quantitative estimate of drug-likeness (QED) is 0.382. The van der Waals surface area contributed by atoms with E-state index in [1.807, 2.05) is 18.6 Å². The van der Waals surface area contributed by atoms with Crippen LogP contribution in [0.15, 0.2) is 36.9 Å². The molecule has 5 heterocycles. The highest BCUT2D eigenvalue weighted by molar-refractivity contribution is 5.91. The number of fused-ring (bicyclic) bond motifs is 1. The summed E-state index contributed by atoms with van der Waals surface area (Å²) in [6, 6.07) is 5.00. The van der Waals surface area contributed by atoms with Gasteiger partial charge in [-0.1, -0.05) is 6.92 Å². The van der Waals surface area contributed by atoms with Gasteiger partial charge < -0.3 is 24.4 Å². The molecule has 39 heavy (non-hydrogen) atoms. The number of aromatic nitrogens is 5. The molecule has 206 valence electrons. The fraction of sp³-hybridized carbons (Fsp3) is 0.500. The van der Waals surface area contributed by atoms with E-state index in [0.29, 0.717) is 6.04 Å². The Morgan fingerprint density at radius 1 is 1.05 bits per heavy atom. The minimum atomic E-state index is 0.455. The Hall–Kier alpha value is -3.27. The third-order valence-corrected chi connectivity index (χ3v) is 8.16. The Balaban J connectivity index is 1.33. The Morgan fingerprint density at radius 2 is 1.85 bits per heavy atom. The topological polar surface area (TPSA) is 78.3 Å². The van der Waals surface area contributed by atoms with Gasteiger partial charge in [-0.3, -0.25) is 4.68 Å². The number of piperidine rings is 1. The lowest BCUT2D eigenvalue weighted by Crippen LogP contribution is -2.37. The first kappa shape index (κ1) is 26.0. The monoisotopic (exact) mass is 528 g/mol. The van der Waals surface area contributed by atoms with Crippen LogP contribution in [-0.2, 0) is 11.3 Å². The van der Waals surface area contributed by atoms with Crippen molar-refractivity contribution < 1.29 is 4.74 Å². The van der Waals surface area contributed by atoms with E-state index in [0.717, 1.165) is 98.9 Å². The lowest BCUT2D eigenvalue weighted by Gasteiger charge is -2.33. The van der Waals surface area contributed by atoms with Gasteiger partial charge in [-0.25, -0.2) is 9.97 Å². The van der Waals surface area contributed by atoms with Crippen LogP contribution in [0.3, 0.4) is 0 Å². The third kappa shape index (κ3) is 5.31. The number of hydrogen-bond acceptors (Lipinski definition) is 7. The first-order valence-corrected chi connectivity index (χ1v) is 14.2. The van der Waals surface area contributed by atoms with E-state index in [2.05, 4.69) is 70.6 Å². The zero-order valence-electron chi connectivity index (χ0n) is 23.7. The molecule has 0 aliphatic carbocycles. The molecule has 0 spiro atoms. The average molecular weight is 529 g/mol. The van der Waals surface area contributed by atoms with Crippen molar-refractivity contribution in [3.63, 3.8) is 0 Å². The van der Waals surface area contributed by atoms with Crippen molar-refractivity contribution >= 4 is 16.9 Å². The summed E-state index contributed by atoms with van der Waals surface area (Å²) < 4.78 is 7.77. The van der Waals surface area contributed by atoms with Gasteiger partial charge in [0.2, 0.25) is 0 Å². The van der Waals surface area contributed by atoms with Crippen LogP contribution in [0.1, 0.15) is 36.9 Å². The maximum absolute atomic E-state index is 5.62. The summed E-state index contributed by atoms with van der Waals surface area (Å²) in [6.45, 7) is 12.1. The fourth-order valence-corrected chi connectivity index (χ4v) is 6.13. The normalized spacial score (nSPS) is 17.5. The summed E-state index contributed by atoms with van der Waals surface area (Å²) in [4.78, 5) is 20.4. The van der Waals surface area contributed by atoms with E-state index in [1.54, 1.807) is 0 Å². The van der Waals surface area contributed by atoms with E-state index in [4.69, 9.17) is 19.8 Å². The summed E-state index contributed by atoms with van der Waals surface area (Å²) in [5.74, 6) is 0. The Labute approximate surface area is 230 Å². The van der Waals surface area contributed by atoms with Crippen LogP contribution >= 0.6 is 0 Å². The molecule has 1 N–H and O–H groups in total. The number of rotatable bonds is 7. The lowest BCUT2D eigenvalue weighted by atomic mass is 9.99. The van der Waals surface area contributed by atoms with Crippen LogP contribution < -0.4 is 4.90 Å². The molecule has 2 aliphatic rings. The molecule has 6 rings (SSSR count). The van der Waals surface area contributed by atoms with Crippen LogP contribution in [0.4, 0.5) is 5.69 Å². The van der Waals surface area contributed by atoms with Gasteiger partial charge in [0.15, 0.2) is 5.65 Å². The molecule has 0 unspecified atom stereocenters. The predicted octanol–water partition coefficient (Wildman–Crippen LogP) is 4.35. The molecular formula is C30H40N8O. The maximum atomic E-state index is 5.62. The summed E-state index contributed by atoms with van der Waals surface area (Å²) in [5, 5.41) is 4.76. The minimum Gasteiger partial charge on any atom is -0.378 e. The third-order valence-electron chi connectivity index (χ3n) is 8.16. The Morgan fingerprint density at radius 3 is 2.59 bits per heavy atom. The van der Waals surface area contributed by atoms with Crippen LogP contribution in [-0.4, -0.2) is 94.6 Å². The number of likely N-dealkylation sites (tertiary alicyclic amines) is 1. The number of aryl methyl sites for hydroxylation is 1. The SMILES string of the molecule is CCN1CCC(n2cc(-c3c[nH]c4ncc(-c5cc(C)c(N6CCOCC6)c(CN(C)C)c5)nc34)cn2)CC1. The lowest BCUT2D eigenvalue weighted by molar-refractivity contribution is 0.122. The van der Waals surface area contributed by atoms with Crippen molar-refractivity contribution in [1.29, 1.82) is 0 Å². The van der Waals surface area contributed by atoms with Gasteiger partial charge in [0.1, 0.15) is 5.52 Å². The van der Waals surface area contributed by atoms with Gasteiger partial charge >= 0.3 is 0 Å².